The molecule has 0 aliphatic heterocycles. The van der Waals surface area contributed by atoms with Crippen LogP contribution in [-0.2, 0) is 4.79 Å². The number of nitrogens with one attached hydrogen (secondary N) is 2. The van der Waals surface area contributed by atoms with Gasteiger partial charge >= 0.3 is 5.97 Å². The van der Waals surface area contributed by atoms with Crippen LogP contribution in [0.3, 0.4) is 0 Å². The van der Waals surface area contributed by atoms with Gasteiger partial charge in [-0.15, -0.1) is 0 Å². The first kappa shape index (κ1) is 14.7. The van der Waals surface area contributed by atoms with Gasteiger partial charge in [-0.25, -0.2) is 9.78 Å². The minimum atomic E-state index is -1.03. The molecule has 0 fully saturated rings. The lowest BCUT2D eigenvalue weighted by molar-refractivity contribution is -0.139. The van der Waals surface area contributed by atoms with E-state index in [9.17, 15) is 9.59 Å². The first-order chi connectivity index (χ1) is 10.1. The Kier molecular flexibility index (Phi) is 4.65. The summed E-state index contributed by atoms with van der Waals surface area (Å²) in [5.41, 5.74) is 1.09. The van der Waals surface area contributed by atoms with Crippen molar-refractivity contribution < 1.29 is 14.7 Å². The largest absolute Gasteiger partial charge is 0.480 e. The smallest absolute Gasteiger partial charge is 0.326 e. The Bertz CT molecular complexity index is 625. The molecule has 0 saturated heterocycles. The number of benzene rings is 1. The molecule has 0 aliphatic rings. The molecule has 1 unspecified atom stereocenters. The monoisotopic (exact) mass is 288 g/mol. The van der Waals surface area contributed by atoms with Crippen LogP contribution in [0, 0.1) is 0 Å². The number of aliphatic carboxylic acids is 1. The minimum Gasteiger partial charge on any atom is -0.480 e. The van der Waals surface area contributed by atoms with Crippen LogP contribution in [0.25, 0.3) is 11.4 Å². The minimum absolute atomic E-state index is 0.381. The summed E-state index contributed by atoms with van der Waals surface area (Å²) in [4.78, 5) is 27.2. The van der Waals surface area contributed by atoms with Gasteiger partial charge in [0, 0.05) is 11.1 Å². The maximum Gasteiger partial charge on any atom is 0.326 e. The van der Waals surface area contributed by atoms with Gasteiger partial charge in [-0.1, -0.05) is 25.5 Å². The van der Waals surface area contributed by atoms with Gasteiger partial charge in [0.25, 0.3) is 5.91 Å². The third kappa shape index (κ3) is 3.65. The molecule has 0 bridgehead atoms. The zero-order valence-corrected chi connectivity index (χ0v) is 11.5. The van der Waals surface area contributed by atoms with Crippen molar-refractivity contribution in [3.05, 3.63) is 36.2 Å². The van der Waals surface area contributed by atoms with Crippen molar-refractivity contribution >= 4 is 11.9 Å². The predicted octanol–water partition coefficient (Wildman–Crippen LogP) is 1.45. The molecule has 7 heteroatoms. The summed E-state index contributed by atoms with van der Waals surface area (Å²) >= 11 is 0. The number of carboxylic acid groups (broad SMARTS) is 1. The molecular weight excluding hydrogens is 272 g/mol. The molecule has 0 saturated carbocycles. The van der Waals surface area contributed by atoms with E-state index in [2.05, 4.69) is 20.5 Å². The van der Waals surface area contributed by atoms with Crippen LogP contribution >= 0.6 is 0 Å². The van der Waals surface area contributed by atoms with E-state index in [1.807, 2.05) is 6.92 Å². The average molecular weight is 288 g/mol. The number of hydrogen-bond donors (Lipinski definition) is 3. The number of carbonyl (C=O) groups is 2. The van der Waals surface area contributed by atoms with Gasteiger partial charge < -0.3 is 10.4 Å². The Labute approximate surface area is 121 Å². The molecule has 1 amide bonds. The van der Waals surface area contributed by atoms with Crippen LogP contribution in [0.2, 0.25) is 0 Å². The molecule has 2 aromatic rings. The summed E-state index contributed by atoms with van der Waals surface area (Å²) in [6.45, 7) is 1.87. The normalized spacial score (nSPS) is 11.9. The van der Waals surface area contributed by atoms with Crippen molar-refractivity contribution in [2.45, 2.75) is 25.8 Å². The Morgan fingerprint density at radius 2 is 2.24 bits per heavy atom. The Balaban J connectivity index is 2.16. The molecule has 0 radical (unpaired) electrons. The summed E-state index contributed by atoms with van der Waals surface area (Å²) in [7, 11) is 0. The first-order valence-corrected chi connectivity index (χ1v) is 6.61. The lowest BCUT2D eigenvalue weighted by Crippen LogP contribution is -2.40. The predicted molar refractivity (Wildman–Crippen MR) is 75.6 cm³/mol. The number of H-pyrrole nitrogens is 1. The second-order valence-corrected chi connectivity index (χ2v) is 4.57. The Morgan fingerprint density at radius 3 is 2.86 bits per heavy atom. The number of carbonyl (C=O) groups excluding carboxylic acids is 1. The summed E-state index contributed by atoms with van der Waals surface area (Å²) in [5.74, 6) is -0.901. The molecule has 1 aromatic carbocycles. The second kappa shape index (κ2) is 6.65. The number of aromatic nitrogens is 3. The van der Waals surface area contributed by atoms with E-state index >= 15 is 0 Å². The molecule has 1 atom stereocenters. The topological polar surface area (TPSA) is 108 Å². The van der Waals surface area contributed by atoms with E-state index in [1.165, 1.54) is 6.33 Å². The number of amides is 1. The van der Waals surface area contributed by atoms with Crippen molar-refractivity contribution in [3.8, 4) is 11.4 Å². The molecule has 2 rings (SSSR count). The van der Waals surface area contributed by atoms with Crippen LogP contribution in [0.15, 0.2) is 30.6 Å². The summed E-state index contributed by atoms with van der Waals surface area (Å²) in [6.07, 6.45) is 2.45. The van der Waals surface area contributed by atoms with Gasteiger partial charge in [0.2, 0.25) is 0 Å². The zero-order valence-electron chi connectivity index (χ0n) is 11.5. The van der Waals surface area contributed by atoms with Crippen molar-refractivity contribution in [2.24, 2.45) is 0 Å². The summed E-state index contributed by atoms with van der Waals surface area (Å²) < 4.78 is 0. The maximum atomic E-state index is 12.1. The van der Waals surface area contributed by atoms with Crippen molar-refractivity contribution in [1.82, 2.24) is 20.5 Å². The number of rotatable bonds is 6. The molecule has 1 aromatic heterocycles. The molecule has 21 heavy (non-hydrogen) atoms. The fourth-order valence-electron chi connectivity index (χ4n) is 1.94. The highest BCUT2D eigenvalue weighted by Crippen LogP contribution is 2.15. The van der Waals surface area contributed by atoms with Crippen LogP contribution in [-0.4, -0.2) is 38.2 Å². The molecule has 0 aliphatic carbocycles. The highest BCUT2D eigenvalue weighted by molar-refractivity contribution is 5.97. The molecule has 3 N–H and O–H groups in total. The van der Waals surface area contributed by atoms with Gasteiger partial charge in [-0.2, -0.15) is 5.10 Å². The summed E-state index contributed by atoms with van der Waals surface area (Å²) in [5, 5.41) is 18.1. The average Bonchev–Trinajstić information content (AvgIpc) is 3.01. The Hall–Kier alpha value is -2.70. The number of hydrogen-bond acceptors (Lipinski definition) is 4. The van der Waals surface area contributed by atoms with Crippen molar-refractivity contribution in [3.63, 3.8) is 0 Å². The third-order valence-electron chi connectivity index (χ3n) is 2.99. The van der Waals surface area contributed by atoms with Crippen LogP contribution < -0.4 is 5.32 Å². The SMILES string of the molecule is CCCC(NC(=O)c1cccc(-c2ncn[nH]2)c1)C(=O)O. The Morgan fingerprint density at radius 1 is 1.43 bits per heavy atom. The van der Waals surface area contributed by atoms with Crippen LogP contribution in [0.5, 0.6) is 0 Å². The fourth-order valence-corrected chi connectivity index (χ4v) is 1.94. The van der Waals surface area contributed by atoms with Gasteiger partial charge in [-0.05, 0) is 18.6 Å². The van der Waals surface area contributed by atoms with Gasteiger partial charge in [0.15, 0.2) is 5.82 Å². The zero-order chi connectivity index (χ0) is 15.2. The quantitative estimate of drug-likeness (QED) is 0.745. The number of carboxylic acids is 1. The summed E-state index contributed by atoms with van der Waals surface area (Å²) in [6, 6.07) is 5.89. The fraction of sp³-hybridized carbons (Fsp3) is 0.286. The molecule has 7 nitrogen and oxygen atoms in total. The van der Waals surface area contributed by atoms with Gasteiger partial charge in [0.05, 0.1) is 0 Å². The van der Waals surface area contributed by atoms with E-state index in [0.29, 0.717) is 29.8 Å². The molecule has 1 heterocycles. The number of aromatic amines is 1. The van der Waals surface area contributed by atoms with Crippen molar-refractivity contribution in [1.29, 1.82) is 0 Å². The highest BCUT2D eigenvalue weighted by Gasteiger charge is 2.19. The molecule has 110 valence electrons. The standard InChI is InChI=1S/C14H16N4O3/c1-2-4-11(14(20)21)17-13(19)10-6-3-5-9(7-10)12-15-8-16-18-12/h3,5-8,11H,2,4H2,1H3,(H,17,19)(H,20,21)(H,15,16,18). The van der Waals surface area contributed by atoms with E-state index in [1.54, 1.807) is 24.3 Å². The van der Waals surface area contributed by atoms with E-state index < -0.39 is 17.9 Å². The van der Waals surface area contributed by atoms with Gasteiger partial charge in [-0.3, -0.25) is 9.89 Å². The lowest BCUT2D eigenvalue weighted by Gasteiger charge is -2.13. The maximum absolute atomic E-state index is 12.1. The van der Waals surface area contributed by atoms with E-state index in [0.717, 1.165) is 0 Å². The lowest BCUT2D eigenvalue weighted by atomic mass is 10.1. The number of nitrogens with zero attached hydrogens (tertiary/aromatic N) is 2. The highest BCUT2D eigenvalue weighted by atomic mass is 16.4. The van der Waals surface area contributed by atoms with E-state index in [-0.39, 0.29) is 0 Å². The van der Waals surface area contributed by atoms with Crippen LogP contribution in [0.4, 0.5) is 0 Å². The van der Waals surface area contributed by atoms with Crippen LogP contribution in [0.1, 0.15) is 30.1 Å². The first-order valence-electron chi connectivity index (χ1n) is 6.61. The van der Waals surface area contributed by atoms with Gasteiger partial charge in [0.1, 0.15) is 12.4 Å². The third-order valence-corrected chi connectivity index (χ3v) is 2.99. The van der Waals surface area contributed by atoms with Crippen molar-refractivity contribution in [2.75, 3.05) is 0 Å². The molecular formula is C14H16N4O3. The second-order valence-electron chi connectivity index (χ2n) is 4.57. The molecule has 0 spiro atoms. The van der Waals surface area contributed by atoms with E-state index in [4.69, 9.17) is 5.11 Å².